The quantitative estimate of drug-likeness (QED) is 0.785. The molecule has 1 N–H and O–H groups in total. The van der Waals surface area contributed by atoms with Gasteiger partial charge in [-0.3, -0.25) is 4.79 Å². The number of hydrogen-bond donors (Lipinski definition) is 1. The number of fused-ring (bicyclic) bond motifs is 2. The van der Waals surface area contributed by atoms with Crippen molar-refractivity contribution in [2.45, 2.75) is 12.6 Å². The van der Waals surface area contributed by atoms with E-state index in [1.165, 1.54) is 0 Å². The van der Waals surface area contributed by atoms with E-state index in [9.17, 15) is 4.79 Å². The third-order valence-electron chi connectivity index (χ3n) is 4.38. The Morgan fingerprint density at radius 3 is 2.69 bits per heavy atom. The average molecular weight is 349 g/mol. The largest absolute Gasteiger partial charge is 0.497 e. The van der Waals surface area contributed by atoms with Crippen molar-refractivity contribution in [1.82, 2.24) is 5.32 Å². The number of carbonyl (C=O) groups excluding carboxylic acids is 1. The molecule has 0 aliphatic carbocycles. The zero-order valence-electron chi connectivity index (χ0n) is 14.4. The van der Waals surface area contributed by atoms with Crippen LogP contribution in [0.15, 0.2) is 60.7 Å². The Labute approximate surface area is 151 Å². The zero-order valence-corrected chi connectivity index (χ0v) is 14.4. The minimum absolute atomic E-state index is 0.186. The molecular formula is C21H19NO4. The highest BCUT2D eigenvalue weighted by atomic mass is 16.6. The molecule has 5 nitrogen and oxygen atoms in total. The molecule has 1 aliphatic heterocycles. The molecule has 1 atom stereocenters. The molecule has 4 rings (SSSR count). The molecule has 132 valence electrons. The van der Waals surface area contributed by atoms with Gasteiger partial charge >= 0.3 is 0 Å². The first kappa shape index (κ1) is 16.3. The molecule has 1 unspecified atom stereocenters. The van der Waals surface area contributed by atoms with Crippen LogP contribution in [0.2, 0.25) is 0 Å². The molecule has 0 aromatic heterocycles. The molecule has 3 aromatic rings. The Balaban J connectivity index is 1.41. The van der Waals surface area contributed by atoms with Crippen LogP contribution in [0.5, 0.6) is 17.2 Å². The van der Waals surface area contributed by atoms with E-state index < -0.39 is 6.10 Å². The summed E-state index contributed by atoms with van der Waals surface area (Å²) < 4.78 is 16.6. The van der Waals surface area contributed by atoms with E-state index in [0.29, 0.717) is 18.0 Å². The summed E-state index contributed by atoms with van der Waals surface area (Å²) in [6.07, 6.45) is -0.644. The van der Waals surface area contributed by atoms with Crippen LogP contribution in [-0.4, -0.2) is 25.7 Å². The first-order chi connectivity index (χ1) is 12.7. The van der Waals surface area contributed by atoms with Crippen LogP contribution < -0.4 is 19.5 Å². The number of ether oxygens (including phenoxy) is 3. The number of carbonyl (C=O) groups is 1. The second-order valence-corrected chi connectivity index (χ2v) is 6.13. The minimum Gasteiger partial charge on any atom is -0.497 e. The van der Waals surface area contributed by atoms with Crippen molar-refractivity contribution in [3.63, 3.8) is 0 Å². The lowest BCUT2D eigenvalue weighted by atomic mass is 10.1. The Hall–Kier alpha value is -3.21. The van der Waals surface area contributed by atoms with Gasteiger partial charge in [0.05, 0.1) is 7.11 Å². The van der Waals surface area contributed by atoms with E-state index in [1.54, 1.807) is 13.2 Å². The Bertz CT molecular complexity index is 954. The number of nitrogens with one attached hydrogen (secondary N) is 1. The summed E-state index contributed by atoms with van der Waals surface area (Å²) in [4.78, 5) is 12.4. The maximum absolute atomic E-state index is 12.4. The van der Waals surface area contributed by atoms with Gasteiger partial charge in [-0.05, 0) is 46.7 Å². The Morgan fingerprint density at radius 2 is 1.85 bits per heavy atom. The average Bonchev–Trinajstić information content (AvgIpc) is 2.71. The number of rotatable bonds is 4. The summed E-state index contributed by atoms with van der Waals surface area (Å²) in [5, 5.41) is 5.12. The lowest BCUT2D eigenvalue weighted by Gasteiger charge is -2.25. The fourth-order valence-electron chi connectivity index (χ4n) is 2.96. The Kier molecular flexibility index (Phi) is 4.35. The predicted molar refractivity (Wildman–Crippen MR) is 98.7 cm³/mol. The van der Waals surface area contributed by atoms with Gasteiger partial charge in [0, 0.05) is 6.54 Å². The highest BCUT2D eigenvalue weighted by Gasteiger charge is 2.26. The summed E-state index contributed by atoms with van der Waals surface area (Å²) in [7, 11) is 1.65. The highest BCUT2D eigenvalue weighted by Crippen LogP contribution is 2.30. The van der Waals surface area contributed by atoms with Crippen LogP contribution >= 0.6 is 0 Å². The number of hydrogen-bond acceptors (Lipinski definition) is 4. The first-order valence-corrected chi connectivity index (χ1v) is 8.46. The van der Waals surface area contributed by atoms with Crippen molar-refractivity contribution < 1.29 is 19.0 Å². The summed E-state index contributed by atoms with van der Waals surface area (Å²) in [6.45, 7) is 0.642. The van der Waals surface area contributed by atoms with Crippen LogP contribution in [0, 0.1) is 0 Å². The number of amides is 1. The van der Waals surface area contributed by atoms with Crippen molar-refractivity contribution in [1.29, 1.82) is 0 Å². The topological polar surface area (TPSA) is 56.8 Å². The summed E-state index contributed by atoms with van der Waals surface area (Å²) >= 11 is 0. The van der Waals surface area contributed by atoms with Crippen molar-refractivity contribution in [3.05, 3.63) is 66.2 Å². The van der Waals surface area contributed by atoms with Crippen LogP contribution in [0.25, 0.3) is 10.8 Å². The smallest absolute Gasteiger partial charge is 0.264 e. The van der Waals surface area contributed by atoms with Crippen LogP contribution in [0.4, 0.5) is 0 Å². The fraction of sp³-hybridized carbons (Fsp3) is 0.190. The molecule has 1 amide bonds. The van der Waals surface area contributed by atoms with Gasteiger partial charge < -0.3 is 19.5 Å². The van der Waals surface area contributed by atoms with E-state index in [2.05, 4.69) is 11.4 Å². The van der Waals surface area contributed by atoms with Crippen LogP contribution in [0.3, 0.4) is 0 Å². The molecule has 1 aliphatic rings. The fourth-order valence-corrected chi connectivity index (χ4v) is 2.96. The molecule has 5 heteroatoms. The maximum atomic E-state index is 12.4. The SMILES string of the molecule is COc1ccc2cc(CNC(=O)C3COc4ccccc4O3)ccc2c1. The van der Waals surface area contributed by atoms with Gasteiger partial charge in [0.2, 0.25) is 6.10 Å². The van der Waals surface area contributed by atoms with Crippen LogP contribution in [0.1, 0.15) is 5.56 Å². The van der Waals surface area contributed by atoms with Crippen molar-refractivity contribution in [3.8, 4) is 17.2 Å². The van der Waals surface area contributed by atoms with E-state index in [0.717, 1.165) is 22.1 Å². The van der Waals surface area contributed by atoms with Crippen molar-refractivity contribution in [2.75, 3.05) is 13.7 Å². The molecular weight excluding hydrogens is 330 g/mol. The molecule has 3 aromatic carbocycles. The maximum Gasteiger partial charge on any atom is 0.264 e. The molecule has 0 saturated heterocycles. The third-order valence-corrected chi connectivity index (χ3v) is 4.38. The van der Waals surface area contributed by atoms with Gasteiger partial charge in [0.25, 0.3) is 5.91 Å². The third kappa shape index (κ3) is 3.28. The van der Waals surface area contributed by atoms with E-state index in [1.807, 2.05) is 48.5 Å². The van der Waals surface area contributed by atoms with E-state index in [4.69, 9.17) is 14.2 Å². The molecule has 0 fully saturated rings. The molecule has 0 radical (unpaired) electrons. The zero-order chi connectivity index (χ0) is 17.9. The molecule has 0 spiro atoms. The second-order valence-electron chi connectivity index (χ2n) is 6.13. The van der Waals surface area contributed by atoms with Gasteiger partial charge in [-0.15, -0.1) is 0 Å². The van der Waals surface area contributed by atoms with E-state index >= 15 is 0 Å². The lowest BCUT2D eigenvalue weighted by Crippen LogP contribution is -2.43. The lowest BCUT2D eigenvalue weighted by molar-refractivity contribution is -0.130. The number of benzene rings is 3. The summed E-state index contributed by atoms with van der Waals surface area (Å²) in [6, 6.07) is 19.4. The highest BCUT2D eigenvalue weighted by molar-refractivity contribution is 5.85. The van der Waals surface area contributed by atoms with Crippen molar-refractivity contribution >= 4 is 16.7 Å². The number of methoxy groups -OCH3 is 1. The molecule has 0 saturated carbocycles. The Morgan fingerprint density at radius 1 is 1.08 bits per heavy atom. The molecule has 1 heterocycles. The summed E-state index contributed by atoms with van der Waals surface area (Å²) in [5.41, 5.74) is 1.02. The molecule has 0 bridgehead atoms. The van der Waals surface area contributed by atoms with Gasteiger partial charge in [0.1, 0.15) is 12.4 Å². The van der Waals surface area contributed by atoms with Gasteiger partial charge in [-0.1, -0.05) is 30.3 Å². The van der Waals surface area contributed by atoms with Crippen LogP contribution in [-0.2, 0) is 11.3 Å². The van der Waals surface area contributed by atoms with Gasteiger partial charge in [0.15, 0.2) is 11.5 Å². The van der Waals surface area contributed by atoms with E-state index in [-0.39, 0.29) is 12.5 Å². The van der Waals surface area contributed by atoms with Gasteiger partial charge in [-0.2, -0.15) is 0 Å². The normalized spacial score (nSPS) is 15.5. The second kappa shape index (κ2) is 6.96. The number of para-hydroxylation sites is 2. The monoisotopic (exact) mass is 349 g/mol. The first-order valence-electron chi connectivity index (χ1n) is 8.46. The molecule has 26 heavy (non-hydrogen) atoms. The minimum atomic E-state index is -0.644. The standard InChI is InChI=1S/C21H19NO4/c1-24-17-9-8-15-10-14(6-7-16(15)11-17)12-22-21(23)20-13-25-18-4-2-3-5-19(18)26-20/h2-11,20H,12-13H2,1H3,(H,22,23). The van der Waals surface area contributed by atoms with Crippen molar-refractivity contribution in [2.24, 2.45) is 0 Å². The summed E-state index contributed by atoms with van der Waals surface area (Å²) in [5.74, 6) is 1.91. The predicted octanol–water partition coefficient (Wildman–Crippen LogP) is 3.30. The van der Waals surface area contributed by atoms with Gasteiger partial charge in [-0.25, -0.2) is 0 Å².